The zero-order valence-electron chi connectivity index (χ0n) is 8.87. The molecule has 0 aliphatic rings. The van der Waals surface area contributed by atoms with E-state index in [4.69, 9.17) is 10.5 Å². The van der Waals surface area contributed by atoms with Crippen molar-refractivity contribution in [2.24, 2.45) is 5.73 Å². The second kappa shape index (κ2) is 7.15. The van der Waals surface area contributed by atoms with E-state index in [0.717, 1.165) is 0 Å². The largest absolute Gasteiger partial charge is 0.492 e. The average molecular weight is 199 g/mol. The summed E-state index contributed by atoms with van der Waals surface area (Å²) in [5, 5.41) is 0. The number of allylic oxidation sites excluding steroid dienone is 2. The molecule has 4 nitrogen and oxygen atoms in total. The predicted molar refractivity (Wildman–Crippen MR) is 54.5 cm³/mol. The Hall–Kier alpha value is -1.29. The molecule has 0 saturated carbocycles. The Morgan fingerprint density at radius 2 is 2.00 bits per heavy atom. The van der Waals surface area contributed by atoms with E-state index in [0.29, 0.717) is 24.5 Å². The van der Waals surface area contributed by atoms with Crippen LogP contribution in [0.3, 0.4) is 0 Å². The molecule has 2 N–H and O–H groups in total. The van der Waals surface area contributed by atoms with Crippen LogP contribution in [-0.4, -0.2) is 26.2 Å². The third kappa shape index (κ3) is 3.62. The lowest BCUT2D eigenvalue weighted by Gasteiger charge is -2.10. The van der Waals surface area contributed by atoms with E-state index in [2.05, 4.69) is 4.74 Å². The van der Waals surface area contributed by atoms with Gasteiger partial charge in [-0.25, -0.2) is 4.79 Å². The van der Waals surface area contributed by atoms with Gasteiger partial charge in [-0.2, -0.15) is 0 Å². The standard InChI is InChI=1S/C10H17NO3/c1-4-8(10(12)13-3)9(5-2)14-7-6-11/h4-5H,6-7,11H2,1-3H3. The van der Waals surface area contributed by atoms with E-state index < -0.39 is 5.97 Å². The molecule has 14 heavy (non-hydrogen) atoms. The van der Waals surface area contributed by atoms with Crippen LogP contribution in [0.15, 0.2) is 23.5 Å². The summed E-state index contributed by atoms with van der Waals surface area (Å²) < 4.78 is 9.89. The maximum atomic E-state index is 11.3. The van der Waals surface area contributed by atoms with Gasteiger partial charge < -0.3 is 15.2 Å². The third-order valence-corrected chi connectivity index (χ3v) is 1.60. The molecule has 0 atom stereocenters. The van der Waals surface area contributed by atoms with Crippen molar-refractivity contribution in [3.05, 3.63) is 23.5 Å². The summed E-state index contributed by atoms with van der Waals surface area (Å²) in [5.74, 6) is 0.0995. The first-order valence-corrected chi connectivity index (χ1v) is 4.45. The number of hydrogen-bond acceptors (Lipinski definition) is 4. The van der Waals surface area contributed by atoms with Crippen molar-refractivity contribution in [1.82, 2.24) is 0 Å². The van der Waals surface area contributed by atoms with Gasteiger partial charge in [0.05, 0.1) is 12.7 Å². The van der Waals surface area contributed by atoms with Crippen molar-refractivity contribution in [3.8, 4) is 0 Å². The van der Waals surface area contributed by atoms with Gasteiger partial charge in [-0.15, -0.1) is 0 Å². The van der Waals surface area contributed by atoms with E-state index >= 15 is 0 Å². The van der Waals surface area contributed by atoms with Crippen LogP contribution in [0.25, 0.3) is 0 Å². The summed E-state index contributed by atoms with van der Waals surface area (Å²) in [7, 11) is 1.34. The molecular weight excluding hydrogens is 182 g/mol. The molecule has 0 fully saturated rings. The lowest BCUT2D eigenvalue weighted by molar-refractivity contribution is -0.136. The summed E-state index contributed by atoms with van der Waals surface area (Å²) in [6.07, 6.45) is 3.36. The molecule has 80 valence electrons. The quantitative estimate of drug-likeness (QED) is 0.310. The smallest absolute Gasteiger partial charge is 0.341 e. The molecule has 4 heteroatoms. The van der Waals surface area contributed by atoms with E-state index in [9.17, 15) is 4.79 Å². The van der Waals surface area contributed by atoms with Gasteiger partial charge in [0.15, 0.2) is 0 Å². The molecule has 0 heterocycles. The molecule has 0 aliphatic carbocycles. The van der Waals surface area contributed by atoms with Gasteiger partial charge in [-0.05, 0) is 19.9 Å². The first kappa shape index (κ1) is 12.7. The second-order valence-corrected chi connectivity index (χ2v) is 2.48. The zero-order valence-corrected chi connectivity index (χ0v) is 8.87. The van der Waals surface area contributed by atoms with Gasteiger partial charge in [-0.3, -0.25) is 0 Å². The van der Waals surface area contributed by atoms with Crippen LogP contribution in [0, 0.1) is 0 Å². The first-order chi connectivity index (χ1) is 6.71. The second-order valence-electron chi connectivity index (χ2n) is 2.48. The number of rotatable bonds is 5. The molecule has 0 aromatic heterocycles. The topological polar surface area (TPSA) is 61.5 Å². The summed E-state index contributed by atoms with van der Waals surface area (Å²) in [6.45, 7) is 4.34. The Kier molecular flexibility index (Phi) is 6.49. The Morgan fingerprint density at radius 1 is 1.36 bits per heavy atom. The van der Waals surface area contributed by atoms with Crippen LogP contribution in [0.5, 0.6) is 0 Å². The number of hydrogen-bond donors (Lipinski definition) is 1. The molecule has 0 spiro atoms. The molecule has 0 saturated heterocycles. The van der Waals surface area contributed by atoms with Gasteiger partial charge in [0.2, 0.25) is 0 Å². The molecule has 0 aromatic carbocycles. The predicted octanol–water partition coefficient (Wildman–Crippen LogP) is 0.985. The number of ether oxygens (including phenoxy) is 2. The Bertz CT molecular complexity index is 244. The summed E-state index contributed by atoms with van der Waals surface area (Å²) in [6, 6.07) is 0. The number of esters is 1. The van der Waals surface area contributed by atoms with Gasteiger partial charge in [0.25, 0.3) is 0 Å². The minimum absolute atomic E-state index is 0.383. The minimum Gasteiger partial charge on any atom is -0.492 e. The van der Waals surface area contributed by atoms with E-state index in [1.165, 1.54) is 7.11 Å². The fraction of sp³-hybridized carbons (Fsp3) is 0.500. The SMILES string of the molecule is CC=C(OCCN)C(=CC)C(=O)OC. The number of carbonyl (C=O) groups is 1. The highest BCUT2D eigenvalue weighted by atomic mass is 16.5. The average Bonchev–Trinajstić information content (AvgIpc) is 2.23. The Morgan fingerprint density at radius 3 is 2.36 bits per heavy atom. The van der Waals surface area contributed by atoms with E-state index in [1.807, 2.05) is 0 Å². The minimum atomic E-state index is -0.405. The highest BCUT2D eigenvalue weighted by Gasteiger charge is 2.14. The summed E-state index contributed by atoms with van der Waals surface area (Å²) in [5.41, 5.74) is 5.71. The fourth-order valence-corrected chi connectivity index (χ4v) is 0.956. The molecule has 0 rings (SSSR count). The molecule has 0 aromatic rings. The van der Waals surface area contributed by atoms with Crippen LogP contribution in [-0.2, 0) is 14.3 Å². The molecule has 0 radical (unpaired) electrons. The lowest BCUT2D eigenvalue weighted by Crippen LogP contribution is -2.13. The van der Waals surface area contributed by atoms with Crippen LogP contribution in [0.1, 0.15) is 13.8 Å². The Balaban J connectivity index is 4.57. The summed E-state index contributed by atoms with van der Waals surface area (Å²) >= 11 is 0. The lowest BCUT2D eigenvalue weighted by atomic mass is 10.2. The van der Waals surface area contributed by atoms with Gasteiger partial charge in [0.1, 0.15) is 12.4 Å². The van der Waals surface area contributed by atoms with Crippen LogP contribution >= 0.6 is 0 Å². The Labute approximate surface area is 84.4 Å². The van der Waals surface area contributed by atoms with Crippen molar-refractivity contribution in [2.75, 3.05) is 20.3 Å². The van der Waals surface area contributed by atoms with E-state index in [-0.39, 0.29) is 0 Å². The van der Waals surface area contributed by atoms with Crippen molar-refractivity contribution in [1.29, 1.82) is 0 Å². The highest BCUT2D eigenvalue weighted by molar-refractivity contribution is 5.92. The number of methoxy groups -OCH3 is 1. The first-order valence-electron chi connectivity index (χ1n) is 4.45. The molecular formula is C10H17NO3. The van der Waals surface area contributed by atoms with Gasteiger partial charge in [-0.1, -0.05) is 6.08 Å². The number of carbonyl (C=O) groups excluding carboxylic acids is 1. The van der Waals surface area contributed by atoms with Crippen molar-refractivity contribution in [3.63, 3.8) is 0 Å². The van der Waals surface area contributed by atoms with Crippen molar-refractivity contribution in [2.45, 2.75) is 13.8 Å². The molecule has 0 unspecified atom stereocenters. The molecule has 0 amide bonds. The van der Waals surface area contributed by atoms with Crippen LogP contribution in [0.4, 0.5) is 0 Å². The van der Waals surface area contributed by atoms with Crippen molar-refractivity contribution < 1.29 is 14.3 Å². The molecule has 0 aliphatic heterocycles. The zero-order chi connectivity index (χ0) is 11.0. The van der Waals surface area contributed by atoms with Crippen LogP contribution < -0.4 is 5.73 Å². The third-order valence-electron chi connectivity index (χ3n) is 1.60. The fourth-order valence-electron chi connectivity index (χ4n) is 0.956. The van der Waals surface area contributed by atoms with Crippen LogP contribution in [0.2, 0.25) is 0 Å². The monoisotopic (exact) mass is 199 g/mol. The van der Waals surface area contributed by atoms with Gasteiger partial charge >= 0.3 is 5.97 Å². The molecule has 0 bridgehead atoms. The van der Waals surface area contributed by atoms with E-state index in [1.54, 1.807) is 26.0 Å². The maximum Gasteiger partial charge on any atom is 0.341 e. The van der Waals surface area contributed by atoms with Gasteiger partial charge in [0, 0.05) is 6.54 Å². The normalized spacial score (nSPS) is 12.6. The highest BCUT2D eigenvalue weighted by Crippen LogP contribution is 2.12. The number of nitrogens with two attached hydrogens (primary N) is 1. The maximum absolute atomic E-state index is 11.3. The summed E-state index contributed by atoms with van der Waals surface area (Å²) in [4.78, 5) is 11.3. The van der Waals surface area contributed by atoms with Crippen molar-refractivity contribution >= 4 is 5.97 Å².